The molecular formula is C14H22N2O3. The summed E-state index contributed by atoms with van der Waals surface area (Å²) in [5, 5.41) is 5.37. The Labute approximate surface area is 114 Å². The first kappa shape index (κ1) is 15.3. The summed E-state index contributed by atoms with van der Waals surface area (Å²) >= 11 is 0. The smallest absolute Gasteiger partial charge is 0.314 e. The van der Waals surface area contributed by atoms with E-state index < -0.39 is 0 Å². The summed E-state index contributed by atoms with van der Waals surface area (Å²) in [6.45, 7) is 4.04. The monoisotopic (exact) mass is 266 g/mol. The van der Waals surface area contributed by atoms with E-state index >= 15 is 0 Å². The van der Waals surface area contributed by atoms with Gasteiger partial charge >= 0.3 is 6.03 Å². The fraction of sp³-hybridized carbons (Fsp3) is 0.500. The number of methoxy groups -OCH3 is 1. The molecule has 0 saturated carbocycles. The first-order valence-corrected chi connectivity index (χ1v) is 6.48. The second-order valence-electron chi connectivity index (χ2n) is 4.02. The molecule has 0 fully saturated rings. The van der Waals surface area contributed by atoms with Gasteiger partial charge in [-0.15, -0.1) is 0 Å². The number of amides is 2. The van der Waals surface area contributed by atoms with E-state index in [1.54, 1.807) is 7.11 Å². The van der Waals surface area contributed by atoms with Crippen LogP contribution in [0, 0.1) is 0 Å². The summed E-state index contributed by atoms with van der Waals surface area (Å²) in [4.78, 5) is 11.3. The maximum absolute atomic E-state index is 11.3. The van der Waals surface area contributed by atoms with Crippen molar-refractivity contribution in [3.05, 3.63) is 29.8 Å². The minimum absolute atomic E-state index is 0.206. The van der Waals surface area contributed by atoms with E-state index in [0.29, 0.717) is 26.3 Å². The van der Waals surface area contributed by atoms with Crippen LogP contribution in [0.1, 0.15) is 12.5 Å². The van der Waals surface area contributed by atoms with Crippen molar-refractivity contribution in [1.82, 2.24) is 10.6 Å². The summed E-state index contributed by atoms with van der Waals surface area (Å²) in [7, 11) is 1.59. The molecule has 0 aliphatic carbocycles. The minimum atomic E-state index is -0.206. The Morgan fingerprint density at radius 1 is 1.11 bits per heavy atom. The van der Waals surface area contributed by atoms with E-state index in [2.05, 4.69) is 17.6 Å². The molecule has 0 aliphatic rings. The van der Waals surface area contributed by atoms with Crippen LogP contribution < -0.4 is 15.4 Å². The highest BCUT2D eigenvalue weighted by atomic mass is 16.5. The summed E-state index contributed by atoms with van der Waals surface area (Å²) in [6.07, 6.45) is 1.02. The van der Waals surface area contributed by atoms with Crippen LogP contribution in [0.5, 0.6) is 5.75 Å². The summed E-state index contributed by atoms with van der Waals surface area (Å²) in [5.41, 5.74) is 1.28. The Kier molecular flexibility index (Phi) is 7.43. The van der Waals surface area contributed by atoms with Gasteiger partial charge in [-0.05, 0) is 24.1 Å². The molecule has 1 rings (SSSR count). The third-order valence-corrected chi connectivity index (χ3v) is 2.58. The van der Waals surface area contributed by atoms with E-state index in [1.165, 1.54) is 5.56 Å². The first-order valence-electron chi connectivity index (χ1n) is 6.48. The van der Waals surface area contributed by atoms with Crippen LogP contribution >= 0.6 is 0 Å². The minimum Gasteiger partial charge on any atom is -0.492 e. The summed E-state index contributed by atoms with van der Waals surface area (Å²) in [6, 6.07) is 7.76. The number of carbonyl (C=O) groups excluding carboxylic acids is 1. The van der Waals surface area contributed by atoms with Gasteiger partial charge < -0.3 is 20.1 Å². The van der Waals surface area contributed by atoms with Crippen molar-refractivity contribution in [3.8, 4) is 5.75 Å². The van der Waals surface area contributed by atoms with Crippen molar-refractivity contribution in [2.75, 3.05) is 33.4 Å². The number of urea groups is 1. The van der Waals surface area contributed by atoms with Crippen molar-refractivity contribution < 1.29 is 14.3 Å². The van der Waals surface area contributed by atoms with Crippen LogP contribution in [0.3, 0.4) is 0 Å². The molecule has 19 heavy (non-hydrogen) atoms. The molecule has 0 spiro atoms. The summed E-state index contributed by atoms with van der Waals surface area (Å²) in [5.74, 6) is 0.818. The van der Waals surface area contributed by atoms with Crippen molar-refractivity contribution in [2.45, 2.75) is 13.3 Å². The average Bonchev–Trinajstić information content (AvgIpc) is 2.44. The van der Waals surface area contributed by atoms with Crippen molar-refractivity contribution in [2.24, 2.45) is 0 Å². The Bertz CT molecular complexity index is 365. The highest BCUT2D eigenvalue weighted by molar-refractivity contribution is 5.73. The molecule has 1 aromatic rings. The lowest BCUT2D eigenvalue weighted by molar-refractivity contribution is 0.195. The Balaban J connectivity index is 2.11. The standard InChI is InChI=1S/C14H22N2O3/c1-3-12-4-6-13(7-5-12)19-11-9-16-14(17)15-8-10-18-2/h4-7H,3,8-11H2,1-2H3,(H2,15,16,17). The number of ether oxygens (including phenoxy) is 2. The van der Waals surface area contributed by atoms with Gasteiger partial charge in [0.2, 0.25) is 0 Å². The molecule has 0 saturated heterocycles. The topological polar surface area (TPSA) is 59.6 Å². The maximum atomic E-state index is 11.3. The molecule has 0 unspecified atom stereocenters. The average molecular weight is 266 g/mol. The molecule has 0 atom stereocenters. The van der Waals surface area contributed by atoms with Gasteiger partial charge in [-0.3, -0.25) is 0 Å². The van der Waals surface area contributed by atoms with Crippen LogP contribution in [-0.2, 0) is 11.2 Å². The molecule has 5 heteroatoms. The number of rotatable bonds is 8. The lowest BCUT2D eigenvalue weighted by atomic mass is 10.2. The molecule has 0 bridgehead atoms. The summed E-state index contributed by atoms with van der Waals surface area (Å²) < 4.78 is 10.3. The van der Waals surface area contributed by atoms with Gasteiger partial charge in [-0.25, -0.2) is 4.79 Å². The third-order valence-electron chi connectivity index (χ3n) is 2.58. The number of hydrogen-bond donors (Lipinski definition) is 2. The van der Waals surface area contributed by atoms with Crippen molar-refractivity contribution in [1.29, 1.82) is 0 Å². The predicted molar refractivity (Wildman–Crippen MR) is 74.6 cm³/mol. The molecule has 0 radical (unpaired) electrons. The van der Waals surface area contributed by atoms with Crippen LogP contribution in [0.25, 0.3) is 0 Å². The quantitative estimate of drug-likeness (QED) is 0.702. The van der Waals surface area contributed by atoms with E-state index in [-0.39, 0.29) is 6.03 Å². The fourth-order valence-corrected chi connectivity index (χ4v) is 1.48. The Hall–Kier alpha value is -1.75. The Morgan fingerprint density at radius 3 is 2.32 bits per heavy atom. The fourth-order valence-electron chi connectivity index (χ4n) is 1.48. The normalized spacial score (nSPS) is 10.0. The molecule has 2 amide bonds. The van der Waals surface area contributed by atoms with E-state index in [1.807, 2.05) is 24.3 Å². The van der Waals surface area contributed by atoms with Gasteiger partial charge in [0.1, 0.15) is 12.4 Å². The lowest BCUT2D eigenvalue weighted by Gasteiger charge is -2.09. The molecule has 0 aromatic heterocycles. The van der Waals surface area contributed by atoms with Gasteiger partial charge in [0.25, 0.3) is 0 Å². The molecule has 2 N–H and O–H groups in total. The van der Waals surface area contributed by atoms with Gasteiger partial charge in [-0.1, -0.05) is 19.1 Å². The SMILES string of the molecule is CCc1ccc(OCCNC(=O)NCCOC)cc1. The highest BCUT2D eigenvalue weighted by Gasteiger charge is 1.98. The molecule has 5 nitrogen and oxygen atoms in total. The zero-order valence-electron chi connectivity index (χ0n) is 11.6. The molecule has 106 valence electrons. The molecule has 0 aliphatic heterocycles. The predicted octanol–water partition coefficient (Wildman–Crippen LogP) is 1.57. The number of nitrogens with one attached hydrogen (secondary N) is 2. The zero-order valence-corrected chi connectivity index (χ0v) is 11.6. The largest absolute Gasteiger partial charge is 0.492 e. The molecular weight excluding hydrogens is 244 g/mol. The van der Waals surface area contributed by atoms with E-state index in [0.717, 1.165) is 12.2 Å². The number of hydrogen-bond acceptors (Lipinski definition) is 3. The number of benzene rings is 1. The maximum Gasteiger partial charge on any atom is 0.314 e. The van der Waals surface area contributed by atoms with Gasteiger partial charge in [0, 0.05) is 13.7 Å². The lowest BCUT2D eigenvalue weighted by Crippen LogP contribution is -2.39. The van der Waals surface area contributed by atoms with E-state index in [9.17, 15) is 4.79 Å². The van der Waals surface area contributed by atoms with Gasteiger partial charge in [0.15, 0.2) is 0 Å². The second-order valence-corrected chi connectivity index (χ2v) is 4.02. The Morgan fingerprint density at radius 2 is 1.74 bits per heavy atom. The number of aryl methyl sites for hydroxylation is 1. The number of carbonyl (C=O) groups is 1. The van der Waals surface area contributed by atoms with Crippen molar-refractivity contribution in [3.63, 3.8) is 0 Å². The van der Waals surface area contributed by atoms with Crippen LogP contribution in [-0.4, -0.2) is 39.4 Å². The van der Waals surface area contributed by atoms with Crippen LogP contribution in [0.15, 0.2) is 24.3 Å². The third kappa shape index (κ3) is 6.67. The molecule has 0 heterocycles. The van der Waals surface area contributed by atoms with Crippen LogP contribution in [0.4, 0.5) is 4.79 Å². The van der Waals surface area contributed by atoms with E-state index in [4.69, 9.17) is 9.47 Å². The highest BCUT2D eigenvalue weighted by Crippen LogP contribution is 2.11. The van der Waals surface area contributed by atoms with Crippen molar-refractivity contribution >= 4 is 6.03 Å². The molecule has 1 aromatic carbocycles. The van der Waals surface area contributed by atoms with Gasteiger partial charge in [-0.2, -0.15) is 0 Å². The zero-order chi connectivity index (χ0) is 13.9. The van der Waals surface area contributed by atoms with Gasteiger partial charge in [0.05, 0.1) is 13.2 Å². The van der Waals surface area contributed by atoms with Crippen LogP contribution in [0.2, 0.25) is 0 Å². The first-order chi connectivity index (χ1) is 9.26. The second kappa shape index (κ2) is 9.22.